The van der Waals surface area contributed by atoms with Gasteiger partial charge in [-0.25, -0.2) is 14.2 Å². The Balaban J connectivity index is 1.74. The summed E-state index contributed by atoms with van der Waals surface area (Å²) in [5.74, 6) is 0.541. The molecule has 8 heteroatoms. The van der Waals surface area contributed by atoms with Crippen molar-refractivity contribution in [2.45, 2.75) is 6.54 Å². The second-order valence-electron chi connectivity index (χ2n) is 5.18. The van der Waals surface area contributed by atoms with Gasteiger partial charge in [0.05, 0.1) is 5.69 Å². The minimum atomic E-state index is -0.531. The highest BCUT2D eigenvalue weighted by Crippen LogP contribution is 2.21. The Morgan fingerprint density at radius 1 is 1.24 bits per heavy atom. The van der Waals surface area contributed by atoms with E-state index in [9.17, 15) is 9.18 Å². The van der Waals surface area contributed by atoms with Crippen LogP contribution in [0.25, 0.3) is 5.65 Å². The Morgan fingerprint density at radius 3 is 2.80 bits per heavy atom. The number of pyridine rings is 1. The van der Waals surface area contributed by atoms with Gasteiger partial charge in [-0.15, -0.1) is 0 Å². The second kappa shape index (κ2) is 7.98. The highest BCUT2D eigenvalue weighted by Gasteiger charge is 2.10. The van der Waals surface area contributed by atoms with E-state index in [4.69, 9.17) is 4.74 Å². The Kier molecular flexibility index (Phi) is 5.49. The molecule has 0 aliphatic heterocycles. The number of hydrogen-bond donors (Lipinski definition) is 2. The van der Waals surface area contributed by atoms with Crippen molar-refractivity contribution in [1.29, 1.82) is 0 Å². The number of carbonyl (C=O) groups is 1. The second-order valence-corrected chi connectivity index (χ2v) is 5.98. The van der Waals surface area contributed by atoms with Crippen LogP contribution in [-0.2, 0) is 11.3 Å². The van der Waals surface area contributed by atoms with Crippen LogP contribution in [0.4, 0.5) is 20.7 Å². The summed E-state index contributed by atoms with van der Waals surface area (Å²) in [5.41, 5.74) is 2.10. The van der Waals surface area contributed by atoms with Crippen LogP contribution in [-0.4, -0.2) is 27.4 Å². The van der Waals surface area contributed by atoms with Crippen LogP contribution in [0.15, 0.2) is 48.8 Å². The first-order valence-corrected chi connectivity index (χ1v) is 8.73. The number of rotatable bonds is 6. The number of amides is 1. The molecular formula is C17H16BrFN4O2. The van der Waals surface area contributed by atoms with E-state index in [-0.39, 0.29) is 12.4 Å². The van der Waals surface area contributed by atoms with Crippen molar-refractivity contribution in [2.24, 2.45) is 0 Å². The van der Waals surface area contributed by atoms with E-state index in [0.717, 1.165) is 11.4 Å². The van der Waals surface area contributed by atoms with Gasteiger partial charge in [0.2, 0.25) is 0 Å². The third kappa shape index (κ3) is 4.27. The van der Waals surface area contributed by atoms with E-state index in [1.807, 2.05) is 10.5 Å². The predicted molar refractivity (Wildman–Crippen MR) is 97.7 cm³/mol. The van der Waals surface area contributed by atoms with Crippen molar-refractivity contribution >= 4 is 39.2 Å². The van der Waals surface area contributed by atoms with Crippen molar-refractivity contribution < 1.29 is 13.9 Å². The molecule has 3 aromatic rings. The van der Waals surface area contributed by atoms with Crippen molar-refractivity contribution in [3.8, 4) is 0 Å². The zero-order valence-corrected chi connectivity index (χ0v) is 14.8. The molecule has 0 unspecified atom stereocenters. The Bertz CT molecular complexity index is 867. The number of hydrogen-bond acceptors (Lipinski definition) is 4. The molecule has 2 N–H and O–H groups in total. The fourth-order valence-corrected chi connectivity index (χ4v) is 2.49. The third-order valence-electron chi connectivity index (χ3n) is 3.48. The highest BCUT2D eigenvalue weighted by atomic mass is 79.9. The first-order valence-electron chi connectivity index (χ1n) is 7.61. The van der Waals surface area contributed by atoms with E-state index in [2.05, 4.69) is 31.5 Å². The van der Waals surface area contributed by atoms with Gasteiger partial charge in [-0.3, -0.25) is 9.72 Å². The molecule has 0 aliphatic carbocycles. The average Bonchev–Trinajstić information content (AvgIpc) is 3.11. The van der Waals surface area contributed by atoms with Crippen LogP contribution in [0, 0.1) is 5.82 Å². The number of ether oxygens (including phenoxy) is 1. The van der Waals surface area contributed by atoms with Crippen molar-refractivity contribution in [1.82, 2.24) is 9.38 Å². The largest absolute Gasteiger partial charge is 0.448 e. The van der Waals surface area contributed by atoms with Gasteiger partial charge in [0.15, 0.2) is 5.65 Å². The average molecular weight is 407 g/mol. The van der Waals surface area contributed by atoms with Crippen LogP contribution in [0.2, 0.25) is 0 Å². The molecule has 0 aliphatic rings. The molecule has 6 nitrogen and oxygen atoms in total. The Hall–Kier alpha value is -2.61. The summed E-state index contributed by atoms with van der Waals surface area (Å²) in [6.07, 6.45) is 2.90. The standard InChI is InChI=1S/C17H16BrFN4O2/c18-7-10-25-17(24)22-14-5-6-15(23-9-8-20-16(14)23)21-11-12-1-3-13(19)4-2-12/h1-6,8-9,21H,7,10-11H2,(H,22,24). The zero-order valence-electron chi connectivity index (χ0n) is 13.2. The summed E-state index contributed by atoms with van der Waals surface area (Å²) in [4.78, 5) is 16.0. The van der Waals surface area contributed by atoms with Gasteiger partial charge in [-0.2, -0.15) is 0 Å². The minimum Gasteiger partial charge on any atom is -0.448 e. The fraction of sp³-hybridized carbons (Fsp3) is 0.176. The summed E-state index contributed by atoms with van der Waals surface area (Å²) in [5, 5.41) is 6.53. The number of halogens is 2. The number of alkyl halides is 1. The Labute approximate surface area is 152 Å². The topological polar surface area (TPSA) is 67.7 Å². The lowest BCUT2D eigenvalue weighted by atomic mass is 10.2. The third-order valence-corrected chi connectivity index (χ3v) is 3.81. The van der Waals surface area contributed by atoms with Gasteiger partial charge < -0.3 is 10.1 Å². The summed E-state index contributed by atoms with van der Waals surface area (Å²) < 4.78 is 19.8. The van der Waals surface area contributed by atoms with Gasteiger partial charge in [-0.05, 0) is 29.8 Å². The molecule has 0 saturated heterocycles. The summed E-state index contributed by atoms with van der Waals surface area (Å²) in [6.45, 7) is 0.821. The van der Waals surface area contributed by atoms with Crippen LogP contribution < -0.4 is 10.6 Å². The maximum absolute atomic E-state index is 13.0. The molecule has 25 heavy (non-hydrogen) atoms. The molecule has 1 amide bonds. The van der Waals surface area contributed by atoms with E-state index in [1.54, 1.807) is 30.6 Å². The molecule has 2 aromatic heterocycles. The number of benzene rings is 1. The van der Waals surface area contributed by atoms with Crippen molar-refractivity contribution in [3.05, 3.63) is 60.2 Å². The van der Waals surface area contributed by atoms with Crippen LogP contribution >= 0.6 is 15.9 Å². The van der Waals surface area contributed by atoms with Gasteiger partial charge in [0.1, 0.15) is 18.2 Å². The lowest BCUT2D eigenvalue weighted by Gasteiger charge is -2.12. The van der Waals surface area contributed by atoms with Crippen LogP contribution in [0.5, 0.6) is 0 Å². The molecule has 1 aromatic carbocycles. The van der Waals surface area contributed by atoms with E-state index < -0.39 is 6.09 Å². The van der Waals surface area contributed by atoms with E-state index in [0.29, 0.717) is 23.2 Å². The minimum absolute atomic E-state index is 0.261. The summed E-state index contributed by atoms with van der Waals surface area (Å²) in [7, 11) is 0. The smallest absolute Gasteiger partial charge is 0.411 e. The highest BCUT2D eigenvalue weighted by molar-refractivity contribution is 9.09. The van der Waals surface area contributed by atoms with Gasteiger partial charge in [-0.1, -0.05) is 28.1 Å². The maximum atomic E-state index is 13.0. The number of fused-ring (bicyclic) bond motifs is 1. The summed E-state index contributed by atoms with van der Waals surface area (Å²) in [6, 6.07) is 9.89. The Morgan fingerprint density at radius 2 is 2.04 bits per heavy atom. The molecule has 0 spiro atoms. The first-order chi connectivity index (χ1) is 12.2. The predicted octanol–water partition coefficient (Wildman–Crippen LogP) is 4.03. The molecule has 0 fully saturated rings. The number of carbonyl (C=O) groups excluding carboxylic acids is 1. The van der Waals surface area contributed by atoms with E-state index >= 15 is 0 Å². The summed E-state index contributed by atoms with van der Waals surface area (Å²) >= 11 is 3.20. The number of imidazole rings is 1. The van der Waals surface area contributed by atoms with Gasteiger partial charge >= 0.3 is 6.09 Å². The first kappa shape index (κ1) is 17.2. The molecule has 3 rings (SSSR count). The molecule has 0 atom stereocenters. The van der Waals surface area contributed by atoms with Crippen LogP contribution in [0.3, 0.4) is 0 Å². The monoisotopic (exact) mass is 406 g/mol. The van der Waals surface area contributed by atoms with Gasteiger partial charge in [0, 0.05) is 24.3 Å². The molecule has 0 bridgehead atoms. The molecule has 0 saturated carbocycles. The molecule has 130 valence electrons. The van der Waals surface area contributed by atoms with Crippen molar-refractivity contribution in [2.75, 3.05) is 22.6 Å². The lowest BCUT2D eigenvalue weighted by Crippen LogP contribution is -2.16. The number of anilines is 2. The van der Waals surface area contributed by atoms with Crippen LogP contribution in [0.1, 0.15) is 5.56 Å². The molecule has 0 radical (unpaired) electrons. The van der Waals surface area contributed by atoms with Gasteiger partial charge in [0.25, 0.3) is 0 Å². The number of nitrogens with zero attached hydrogens (tertiary/aromatic N) is 2. The quantitative estimate of drug-likeness (QED) is 0.606. The molecular weight excluding hydrogens is 391 g/mol. The fourth-order valence-electron chi connectivity index (χ4n) is 2.33. The number of nitrogens with one attached hydrogen (secondary N) is 2. The molecule has 2 heterocycles. The number of aromatic nitrogens is 2. The normalized spacial score (nSPS) is 10.6. The van der Waals surface area contributed by atoms with Crippen molar-refractivity contribution in [3.63, 3.8) is 0 Å². The maximum Gasteiger partial charge on any atom is 0.411 e. The SMILES string of the molecule is O=C(Nc1ccc(NCc2ccc(F)cc2)n2ccnc12)OCCBr. The van der Waals surface area contributed by atoms with E-state index in [1.165, 1.54) is 12.1 Å². The zero-order chi connectivity index (χ0) is 17.6. The lowest BCUT2D eigenvalue weighted by molar-refractivity contribution is 0.169.